The van der Waals surface area contributed by atoms with Gasteiger partial charge in [-0.2, -0.15) is 0 Å². The van der Waals surface area contributed by atoms with Crippen LogP contribution in [-0.4, -0.2) is 40.8 Å². The summed E-state index contributed by atoms with van der Waals surface area (Å²) >= 11 is 0. The van der Waals surface area contributed by atoms with E-state index in [9.17, 15) is 0 Å². The average molecular weight is 308 g/mol. The molecule has 4 nitrogen and oxygen atoms in total. The van der Waals surface area contributed by atoms with Crippen LogP contribution < -0.4 is 103 Å². The van der Waals surface area contributed by atoms with Crippen LogP contribution in [0.2, 0.25) is 0 Å². The molecule has 0 amide bonds. The van der Waals surface area contributed by atoms with E-state index in [0.717, 1.165) is 0 Å². The van der Waals surface area contributed by atoms with E-state index < -0.39 is 0 Å². The van der Waals surface area contributed by atoms with Crippen LogP contribution >= 0.6 is 0 Å². The van der Waals surface area contributed by atoms with Gasteiger partial charge in [0.15, 0.2) is 0 Å². The Bertz CT molecular complexity index is 156. The molecule has 1 aliphatic rings. The monoisotopic (exact) mass is 308 g/mol. The van der Waals surface area contributed by atoms with Crippen LogP contribution in [0.1, 0.15) is 27.7 Å². The maximum absolute atomic E-state index is 5.21. The van der Waals surface area contributed by atoms with Crippen molar-refractivity contribution in [2.45, 2.75) is 38.9 Å². The summed E-state index contributed by atoms with van der Waals surface area (Å²) < 4.78 is 19.1. The summed E-state index contributed by atoms with van der Waals surface area (Å²) in [5.41, 5.74) is -0.375. The van der Waals surface area contributed by atoms with Gasteiger partial charge in [0, 0.05) is 11.2 Å². The molecule has 1 heterocycles. The third kappa shape index (κ3) is 12.9. The van der Waals surface area contributed by atoms with E-state index in [1.54, 1.807) is 0 Å². The van der Waals surface area contributed by atoms with Gasteiger partial charge in [-0.1, -0.05) is 0 Å². The van der Waals surface area contributed by atoms with E-state index in [-0.39, 0.29) is 129 Å². The Morgan fingerprint density at radius 2 is 1.11 bits per heavy atom. The second-order valence-corrected chi connectivity index (χ2v) is 3.92. The molecule has 18 heavy (non-hydrogen) atoms. The van der Waals surface area contributed by atoms with Gasteiger partial charge in [-0.05, 0) is 57.3 Å². The second kappa shape index (κ2) is 16.6. The summed E-state index contributed by atoms with van der Waals surface area (Å²) in [5, 5.41) is 0. The van der Waals surface area contributed by atoms with E-state index in [2.05, 4.69) is 9.31 Å². The molecule has 0 unspecified atom stereocenters. The van der Waals surface area contributed by atoms with Crippen LogP contribution in [0.15, 0.2) is 0 Å². The minimum atomic E-state index is -0.188. The van der Waals surface area contributed by atoms with Crippen molar-refractivity contribution in [3.8, 4) is 0 Å². The SMILES string of the molecule is CC1(C)O[B-]OC1(C)C.CO[B-]OC.[CH3-].[CH3-].[K+].[K+]. The van der Waals surface area contributed by atoms with E-state index in [4.69, 9.17) is 9.31 Å². The Morgan fingerprint density at radius 1 is 0.833 bits per heavy atom. The molecule has 1 saturated heterocycles. The van der Waals surface area contributed by atoms with Crippen LogP contribution in [0.3, 0.4) is 0 Å². The molecule has 1 rings (SSSR count). The van der Waals surface area contributed by atoms with Crippen molar-refractivity contribution < 1.29 is 121 Å². The molecular weight excluding hydrogens is 284 g/mol. The standard InChI is InChI=1S/C6H12BO2.C2H6BO2.2CH3.2K/c1-5(2)6(3,4)9-7-8-5;1-4-3-5-2;;;;/h1-4H3;1-2H3;2*1H3;;/q4*-1;2*+1. The number of hydrogen-bond acceptors (Lipinski definition) is 4. The molecule has 4 radical (unpaired) electrons. The summed E-state index contributed by atoms with van der Waals surface area (Å²) in [6, 6.07) is 0. The molecule has 1 fully saturated rings. The molecule has 8 heteroatoms. The minimum Gasteiger partial charge on any atom is -0.628 e. The Kier molecular flexibility index (Phi) is 30.4. The zero-order valence-corrected chi connectivity index (χ0v) is 20.0. The predicted molar refractivity (Wildman–Crippen MR) is 68.7 cm³/mol. The van der Waals surface area contributed by atoms with Gasteiger partial charge in [0.25, 0.3) is 0 Å². The third-order valence-electron chi connectivity index (χ3n) is 2.33. The predicted octanol–water partition coefficient (Wildman–Crippen LogP) is -4.15. The molecule has 0 saturated carbocycles. The Labute approximate surface area is 200 Å². The number of rotatable bonds is 2. The van der Waals surface area contributed by atoms with Gasteiger partial charge >= 0.3 is 103 Å². The van der Waals surface area contributed by atoms with Gasteiger partial charge in [-0.15, -0.1) is 0 Å². The van der Waals surface area contributed by atoms with Crippen LogP contribution in [0.5, 0.6) is 0 Å². The molecule has 1 aliphatic heterocycles. The van der Waals surface area contributed by atoms with Gasteiger partial charge in [-0.25, -0.2) is 0 Å². The molecule has 0 aliphatic carbocycles. The Balaban J connectivity index is -0.0000000567. The zero-order chi connectivity index (χ0) is 11.2. The quantitative estimate of drug-likeness (QED) is 0.383. The molecule has 0 N–H and O–H groups in total. The fourth-order valence-electron chi connectivity index (χ4n) is 0.645. The molecule has 0 aromatic rings. The number of hydrogen-bond donors (Lipinski definition) is 0. The van der Waals surface area contributed by atoms with Crippen molar-refractivity contribution in [3.05, 3.63) is 14.9 Å². The van der Waals surface area contributed by atoms with Crippen LogP contribution in [0, 0.1) is 14.9 Å². The summed E-state index contributed by atoms with van der Waals surface area (Å²) in [7, 11) is 5.73. The average Bonchev–Trinajstić information content (AvgIpc) is 2.27. The molecule has 0 spiro atoms. The van der Waals surface area contributed by atoms with E-state index in [1.807, 2.05) is 27.7 Å². The smallest absolute Gasteiger partial charge is 0.628 e. The van der Waals surface area contributed by atoms with Gasteiger partial charge < -0.3 is 33.5 Å². The fraction of sp³-hybridized carbons (Fsp3) is 0.800. The van der Waals surface area contributed by atoms with E-state index >= 15 is 0 Å². The normalized spacial score (nSPS) is 17.7. The maximum atomic E-state index is 5.21. The molecular formula is C10H24B2K2O4-2. The maximum Gasteiger partial charge on any atom is 1.00 e. The van der Waals surface area contributed by atoms with Crippen LogP contribution in [0.25, 0.3) is 0 Å². The first-order valence-electron chi connectivity index (χ1n) is 4.42. The minimum absolute atomic E-state index is 0. The Hall–Kier alpha value is 3.24. The van der Waals surface area contributed by atoms with Crippen molar-refractivity contribution in [1.29, 1.82) is 0 Å². The van der Waals surface area contributed by atoms with Crippen molar-refractivity contribution in [2.75, 3.05) is 14.2 Å². The molecule has 0 atom stereocenters. The zero-order valence-electron chi connectivity index (χ0n) is 13.8. The first-order valence-corrected chi connectivity index (χ1v) is 4.42. The van der Waals surface area contributed by atoms with Crippen LogP contribution in [0.4, 0.5) is 0 Å². The van der Waals surface area contributed by atoms with Crippen molar-refractivity contribution >= 4 is 15.4 Å². The van der Waals surface area contributed by atoms with Gasteiger partial charge in [0.1, 0.15) is 0 Å². The fourth-order valence-corrected chi connectivity index (χ4v) is 0.645. The summed E-state index contributed by atoms with van der Waals surface area (Å²) in [6.07, 6.45) is 0. The van der Waals surface area contributed by atoms with E-state index in [0.29, 0.717) is 0 Å². The van der Waals surface area contributed by atoms with Crippen molar-refractivity contribution in [3.63, 3.8) is 0 Å². The second-order valence-electron chi connectivity index (χ2n) is 3.92. The van der Waals surface area contributed by atoms with Gasteiger partial charge in [-0.3, -0.25) is 0 Å². The molecule has 98 valence electrons. The summed E-state index contributed by atoms with van der Waals surface area (Å²) in [4.78, 5) is 0. The largest absolute Gasteiger partial charge is 1.00 e. The van der Waals surface area contributed by atoms with E-state index in [1.165, 1.54) is 29.6 Å². The first-order chi connectivity index (χ1) is 6.37. The summed E-state index contributed by atoms with van der Waals surface area (Å²) in [6.45, 7) is 8.04. The molecule has 0 aromatic carbocycles. The summed E-state index contributed by atoms with van der Waals surface area (Å²) in [5.74, 6) is 0. The first kappa shape index (κ1) is 33.0. The van der Waals surface area contributed by atoms with Crippen molar-refractivity contribution in [1.82, 2.24) is 0 Å². The Morgan fingerprint density at radius 3 is 1.17 bits per heavy atom. The van der Waals surface area contributed by atoms with Gasteiger partial charge in [0.05, 0.1) is 0 Å². The van der Waals surface area contributed by atoms with Crippen LogP contribution in [-0.2, 0) is 18.6 Å². The molecule has 0 bridgehead atoms. The third-order valence-corrected chi connectivity index (χ3v) is 2.33. The van der Waals surface area contributed by atoms with Gasteiger partial charge in [0.2, 0.25) is 0 Å². The topological polar surface area (TPSA) is 36.9 Å². The van der Waals surface area contributed by atoms with Crippen molar-refractivity contribution in [2.24, 2.45) is 0 Å². The molecule has 0 aromatic heterocycles.